The Bertz CT molecular complexity index is 1210. The van der Waals surface area contributed by atoms with E-state index in [4.69, 9.17) is 0 Å². The maximum absolute atomic E-state index is 13.9. The second-order valence-corrected chi connectivity index (χ2v) is 13.1. The lowest BCUT2D eigenvalue weighted by Crippen LogP contribution is -2.56. The summed E-state index contributed by atoms with van der Waals surface area (Å²) < 4.78 is 13.6. The number of rotatable bonds is 5. The van der Waals surface area contributed by atoms with Crippen molar-refractivity contribution in [3.63, 3.8) is 0 Å². The molecule has 40 heavy (non-hydrogen) atoms. The van der Waals surface area contributed by atoms with Crippen LogP contribution in [0.5, 0.6) is 0 Å². The number of amides is 2. The highest BCUT2D eigenvalue weighted by Crippen LogP contribution is 2.44. The molecule has 2 aromatic rings. The summed E-state index contributed by atoms with van der Waals surface area (Å²) in [7, 11) is 0. The summed E-state index contributed by atoms with van der Waals surface area (Å²) >= 11 is 1.68. The van der Waals surface area contributed by atoms with E-state index >= 15 is 0 Å². The average Bonchev–Trinajstić information content (AvgIpc) is 3.01. The minimum atomic E-state index is -0.279. The van der Waals surface area contributed by atoms with Gasteiger partial charge in [-0.3, -0.25) is 14.5 Å². The van der Waals surface area contributed by atoms with Gasteiger partial charge in [0.15, 0.2) is 0 Å². The number of carbonyl (C=O) groups is 2. The van der Waals surface area contributed by atoms with Gasteiger partial charge in [0.05, 0.1) is 4.91 Å². The van der Waals surface area contributed by atoms with Gasteiger partial charge in [-0.2, -0.15) is 0 Å². The number of halogens is 1. The third-order valence-electron chi connectivity index (χ3n) is 9.33. The first-order valence-corrected chi connectivity index (χ1v) is 15.9. The van der Waals surface area contributed by atoms with Crippen molar-refractivity contribution < 1.29 is 14.0 Å². The van der Waals surface area contributed by atoms with Crippen molar-refractivity contribution in [2.45, 2.75) is 75.2 Å². The SMILES string of the molecule is O=C(C1CCC2S/C(=C\c3ccccc3)C(=O)N(Cc3ccc(F)cc3)C2C1)N1CCN(C2CCCCC2)CC1. The quantitative estimate of drug-likeness (QED) is 0.423. The van der Waals surface area contributed by atoms with E-state index in [1.54, 1.807) is 23.9 Å². The van der Waals surface area contributed by atoms with Gasteiger partial charge in [-0.1, -0.05) is 61.7 Å². The third-order valence-corrected chi connectivity index (χ3v) is 10.7. The van der Waals surface area contributed by atoms with Crippen molar-refractivity contribution in [3.05, 3.63) is 76.4 Å². The molecule has 0 bridgehead atoms. The van der Waals surface area contributed by atoms with Crippen molar-refractivity contribution in [2.24, 2.45) is 5.92 Å². The molecule has 0 N–H and O–H groups in total. The Morgan fingerprint density at radius 3 is 2.35 bits per heavy atom. The zero-order valence-corrected chi connectivity index (χ0v) is 24.0. The molecule has 2 aromatic carbocycles. The Balaban J connectivity index is 1.16. The molecule has 0 aromatic heterocycles. The highest BCUT2D eigenvalue weighted by molar-refractivity contribution is 8.04. The molecule has 4 fully saturated rings. The molecule has 3 atom stereocenters. The number of thioether (sulfide) groups is 1. The van der Waals surface area contributed by atoms with Gasteiger partial charge >= 0.3 is 0 Å². The van der Waals surface area contributed by atoms with Crippen molar-refractivity contribution in [1.29, 1.82) is 0 Å². The van der Waals surface area contributed by atoms with Crippen LogP contribution in [0.4, 0.5) is 4.39 Å². The third kappa shape index (κ3) is 6.15. The molecule has 7 heteroatoms. The van der Waals surface area contributed by atoms with Crippen LogP contribution in [0.3, 0.4) is 0 Å². The molecule has 0 spiro atoms. The largest absolute Gasteiger partial charge is 0.340 e. The van der Waals surface area contributed by atoms with Gasteiger partial charge < -0.3 is 9.80 Å². The summed E-state index contributed by atoms with van der Waals surface area (Å²) in [5.74, 6) is -0.0508. The van der Waals surface area contributed by atoms with Gasteiger partial charge in [0.2, 0.25) is 5.91 Å². The monoisotopic (exact) mass is 561 g/mol. The van der Waals surface area contributed by atoms with E-state index in [9.17, 15) is 14.0 Å². The number of carbonyl (C=O) groups excluding carboxylic acids is 2. The van der Waals surface area contributed by atoms with E-state index in [1.807, 2.05) is 41.3 Å². The van der Waals surface area contributed by atoms with Crippen molar-refractivity contribution in [3.8, 4) is 0 Å². The van der Waals surface area contributed by atoms with E-state index in [2.05, 4.69) is 9.80 Å². The van der Waals surface area contributed by atoms with Crippen molar-refractivity contribution in [1.82, 2.24) is 14.7 Å². The van der Waals surface area contributed by atoms with E-state index < -0.39 is 0 Å². The Labute approximate surface area is 241 Å². The van der Waals surface area contributed by atoms with E-state index in [-0.39, 0.29) is 34.8 Å². The maximum atomic E-state index is 13.9. The molecule has 2 heterocycles. The van der Waals surface area contributed by atoms with Crippen molar-refractivity contribution in [2.75, 3.05) is 26.2 Å². The number of nitrogens with zero attached hydrogens (tertiary/aromatic N) is 3. The second kappa shape index (κ2) is 12.5. The molecule has 2 aliphatic heterocycles. The van der Waals surface area contributed by atoms with Crippen LogP contribution in [-0.4, -0.2) is 70.0 Å². The smallest absolute Gasteiger partial charge is 0.260 e. The number of hydrogen-bond donors (Lipinski definition) is 0. The second-order valence-electron chi connectivity index (χ2n) is 11.9. The normalized spacial score (nSPS) is 27.6. The first-order chi connectivity index (χ1) is 19.5. The molecule has 4 aliphatic rings. The summed E-state index contributed by atoms with van der Waals surface area (Å²) in [6.07, 6.45) is 11.1. The minimum Gasteiger partial charge on any atom is -0.340 e. The first-order valence-electron chi connectivity index (χ1n) is 15.1. The maximum Gasteiger partial charge on any atom is 0.260 e. The van der Waals surface area contributed by atoms with Gasteiger partial charge in [0, 0.05) is 56.0 Å². The first kappa shape index (κ1) is 27.5. The fourth-order valence-corrected chi connectivity index (χ4v) is 8.52. The molecule has 2 aliphatic carbocycles. The Kier molecular flexibility index (Phi) is 8.59. The molecular weight excluding hydrogens is 521 g/mol. The number of fused-ring (bicyclic) bond motifs is 1. The molecule has 6 rings (SSSR count). The van der Waals surface area contributed by atoms with Gasteiger partial charge in [-0.15, -0.1) is 11.8 Å². The lowest BCUT2D eigenvalue weighted by molar-refractivity contribution is -0.141. The number of hydrogen-bond acceptors (Lipinski definition) is 4. The van der Waals surface area contributed by atoms with Crippen molar-refractivity contribution >= 4 is 29.7 Å². The fraction of sp³-hybridized carbons (Fsp3) is 0.515. The molecule has 3 unspecified atom stereocenters. The molecule has 2 saturated heterocycles. The van der Waals surface area contributed by atoms with Crippen LogP contribution in [0.1, 0.15) is 62.5 Å². The van der Waals surface area contributed by atoms with Gasteiger partial charge in [-0.05, 0) is 61.4 Å². The zero-order chi connectivity index (χ0) is 27.5. The highest BCUT2D eigenvalue weighted by Gasteiger charge is 2.45. The predicted octanol–water partition coefficient (Wildman–Crippen LogP) is 5.96. The zero-order valence-electron chi connectivity index (χ0n) is 23.2. The van der Waals surface area contributed by atoms with E-state index in [0.29, 0.717) is 19.0 Å². The average molecular weight is 562 g/mol. The van der Waals surface area contributed by atoms with Crippen LogP contribution >= 0.6 is 11.8 Å². The Morgan fingerprint density at radius 2 is 1.62 bits per heavy atom. The lowest BCUT2D eigenvalue weighted by Gasteiger charge is -2.47. The Hall–Kier alpha value is -2.64. The molecular formula is C33H40FN3O2S. The van der Waals surface area contributed by atoms with E-state index in [0.717, 1.165) is 55.1 Å². The molecule has 2 amide bonds. The van der Waals surface area contributed by atoms with Gasteiger partial charge in [0.1, 0.15) is 5.82 Å². The van der Waals surface area contributed by atoms with Gasteiger partial charge in [0.25, 0.3) is 5.91 Å². The van der Waals surface area contributed by atoms with E-state index in [1.165, 1.54) is 44.2 Å². The standard InChI is InChI=1S/C33H40FN3O2S/c34-27-14-11-25(12-15-27)23-37-29-22-26(32(38)36-19-17-35(18-20-36)28-9-5-2-6-10-28)13-16-30(29)40-31(33(37)39)21-24-7-3-1-4-8-24/h1,3-4,7-8,11-12,14-15,21,26,28-30H,2,5-6,9-10,13,16-20,22-23H2/b31-21-. The summed E-state index contributed by atoms with van der Waals surface area (Å²) in [6.45, 7) is 4.02. The van der Waals surface area contributed by atoms with Crippen LogP contribution in [0.15, 0.2) is 59.5 Å². The lowest BCUT2D eigenvalue weighted by atomic mass is 9.83. The van der Waals surface area contributed by atoms with Crippen LogP contribution in [0.25, 0.3) is 6.08 Å². The summed E-state index contributed by atoms with van der Waals surface area (Å²) in [4.78, 5) is 35.0. The minimum absolute atomic E-state index is 0.00798. The summed E-state index contributed by atoms with van der Waals surface area (Å²) in [6, 6.07) is 17.1. The topological polar surface area (TPSA) is 43.9 Å². The number of benzene rings is 2. The summed E-state index contributed by atoms with van der Waals surface area (Å²) in [5.41, 5.74) is 1.92. The number of piperazine rings is 1. The Morgan fingerprint density at radius 1 is 0.900 bits per heavy atom. The fourth-order valence-electron chi connectivity index (χ4n) is 7.10. The van der Waals surface area contributed by atoms with Gasteiger partial charge in [-0.25, -0.2) is 4.39 Å². The van der Waals surface area contributed by atoms with Crippen LogP contribution in [0, 0.1) is 11.7 Å². The highest BCUT2D eigenvalue weighted by atomic mass is 32.2. The van der Waals surface area contributed by atoms with Crippen LogP contribution < -0.4 is 0 Å². The molecule has 2 saturated carbocycles. The molecule has 212 valence electrons. The molecule has 5 nitrogen and oxygen atoms in total. The predicted molar refractivity (Wildman–Crippen MR) is 159 cm³/mol. The van der Waals surface area contributed by atoms with Crippen LogP contribution in [0.2, 0.25) is 0 Å². The summed E-state index contributed by atoms with van der Waals surface area (Å²) in [5, 5.41) is 0.250. The molecule has 0 radical (unpaired) electrons. The van der Waals surface area contributed by atoms with Crippen LogP contribution in [-0.2, 0) is 16.1 Å².